The molecule has 0 N–H and O–H groups in total. The molecule has 8 heteroatoms. The standard InChI is InChI=1S/C25H23F3O3S2/c1-3-5-6-7-16-8-11-19(21(12-16)25(26,27)28)20-13-17-9-10-18(14-22(17)33-24(20)30)32-15-31-23(29)4-2/h4,8-14H,2-3,5-7,15H2,1H3. The highest BCUT2D eigenvalue weighted by atomic mass is 32.2. The summed E-state index contributed by atoms with van der Waals surface area (Å²) in [4.78, 5) is 24.7. The fourth-order valence-electron chi connectivity index (χ4n) is 3.38. The highest BCUT2D eigenvalue weighted by Crippen LogP contribution is 2.38. The van der Waals surface area contributed by atoms with Gasteiger partial charge in [0.15, 0.2) is 0 Å². The second kappa shape index (κ2) is 11.0. The van der Waals surface area contributed by atoms with Gasteiger partial charge in [-0.15, -0.1) is 0 Å². The van der Waals surface area contributed by atoms with Gasteiger partial charge in [0, 0.05) is 21.2 Å². The average molecular weight is 493 g/mol. The van der Waals surface area contributed by atoms with E-state index in [2.05, 4.69) is 6.58 Å². The minimum atomic E-state index is -4.56. The third-order valence-electron chi connectivity index (χ3n) is 5.05. The number of alkyl halides is 3. The van der Waals surface area contributed by atoms with Gasteiger partial charge < -0.3 is 4.74 Å². The minimum Gasteiger partial charge on any atom is -0.451 e. The third-order valence-corrected chi connectivity index (χ3v) is 6.85. The van der Waals surface area contributed by atoms with Crippen molar-refractivity contribution in [3.05, 3.63) is 75.8 Å². The summed E-state index contributed by atoms with van der Waals surface area (Å²) in [5, 5.41) is 0.669. The molecule has 0 radical (unpaired) electrons. The van der Waals surface area contributed by atoms with E-state index < -0.39 is 22.5 Å². The molecular weight excluding hydrogens is 469 g/mol. The maximum Gasteiger partial charge on any atom is 0.417 e. The highest BCUT2D eigenvalue weighted by Gasteiger charge is 2.34. The number of benzene rings is 2. The second-order valence-corrected chi connectivity index (χ2v) is 9.42. The van der Waals surface area contributed by atoms with E-state index in [0.717, 1.165) is 41.6 Å². The van der Waals surface area contributed by atoms with Crippen molar-refractivity contribution in [1.82, 2.24) is 0 Å². The van der Waals surface area contributed by atoms with Crippen LogP contribution in [0.2, 0.25) is 0 Å². The van der Waals surface area contributed by atoms with Gasteiger partial charge in [0.05, 0.1) is 5.56 Å². The van der Waals surface area contributed by atoms with Crippen LogP contribution < -0.4 is 4.74 Å². The predicted octanol–water partition coefficient (Wildman–Crippen LogP) is 7.46. The predicted molar refractivity (Wildman–Crippen MR) is 129 cm³/mol. The molecule has 0 aliphatic rings. The van der Waals surface area contributed by atoms with Crippen LogP contribution >= 0.6 is 23.1 Å². The lowest BCUT2D eigenvalue weighted by Gasteiger charge is -2.15. The normalized spacial score (nSPS) is 11.5. The smallest absolute Gasteiger partial charge is 0.417 e. The maximum atomic E-state index is 13.9. The molecule has 3 aromatic rings. The molecule has 1 aromatic heterocycles. The molecule has 0 amide bonds. The van der Waals surface area contributed by atoms with Crippen molar-refractivity contribution < 1.29 is 22.7 Å². The first kappa shape index (κ1) is 25.1. The Morgan fingerprint density at radius 3 is 2.61 bits per heavy atom. The fourth-order valence-corrected chi connectivity index (χ4v) is 5.04. The number of carbonyl (C=O) groups excluding carboxylic acids is 1. The number of esters is 1. The van der Waals surface area contributed by atoms with E-state index in [1.807, 2.05) is 6.92 Å². The number of halogens is 3. The van der Waals surface area contributed by atoms with Crippen molar-refractivity contribution in [1.29, 1.82) is 0 Å². The molecule has 1 heterocycles. The van der Waals surface area contributed by atoms with Gasteiger partial charge in [-0.2, -0.15) is 13.2 Å². The molecule has 0 aliphatic carbocycles. The first-order valence-electron chi connectivity index (χ1n) is 10.4. The number of aryl methyl sites for hydroxylation is 1. The molecule has 0 bridgehead atoms. The number of hydrogen-bond donors (Lipinski definition) is 0. The van der Waals surface area contributed by atoms with Crippen molar-refractivity contribution in [3.63, 3.8) is 0 Å². The van der Waals surface area contributed by atoms with Crippen LogP contribution in [-0.2, 0) is 22.1 Å². The molecule has 0 aliphatic heterocycles. The summed E-state index contributed by atoms with van der Waals surface area (Å²) < 4.78 is 46.7. The molecule has 0 saturated heterocycles. The molecule has 2 aromatic carbocycles. The van der Waals surface area contributed by atoms with Crippen molar-refractivity contribution >= 4 is 39.2 Å². The van der Waals surface area contributed by atoms with Crippen LogP contribution in [0.3, 0.4) is 0 Å². The first-order chi connectivity index (χ1) is 15.7. The third kappa shape index (κ3) is 6.48. The van der Waals surface area contributed by atoms with E-state index in [1.54, 1.807) is 24.3 Å². The average Bonchev–Trinajstić information content (AvgIpc) is 2.78. The van der Waals surface area contributed by atoms with E-state index in [4.69, 9.17) is 4.74 Å². The van der Waals surface area contributed by atoms with Crippen molar-refractivity contribution in [2.75, 3.05) is 5.94 Å². The van der Waals surface area contributed by atoms with Gasteiger partial charge in [-0.1, -0.05) is 67.6 Å². The van der Waals surface area contributed by atoms with Gasteiger partial charge in [-0.3, -0.25) is 4.79 Å². The van der Waals surface area contributed by atoms with Crippen LogP contribution in [0.25, 0.3) is 21.2 Å². The largest absolute Gasteiger partial charge is 0.451 e. The Kier molecular flexibility index (Phi) is 8.37. The van der Waals surface area contributed by atoms with Crippen molar-refractivity contribution in [2.45, 2.75) is 43.7 Å². The number of hydrogen-bond acceptors (Lipinski definition) is 5. The van der Waals surface area contributed by atoms with Crippen molar-refractivity contribution in [2.24, 2.45) is 0 Å². The summed E-state index contributed by atoms with van der Waals surface area (Å²) in [6.07, 6.45) is -0.151. The second-order valence-electron chi connectivity index (χ2n) is 7.41. The Hall–Kier alpha value is -2.58. The zero-order valence-corrected chi connectivity index (χ0v) is 19.7. The van der Waals surface area contributed by atoms with Crippen LogP contribution in [0.1, 0.15) is 37.3 Å². The van der Waals surface area contributed by atoms with E-state index >= 15 is 0 Å². The Morgan fingerprint density at radius 2 is 1.91 bits per heavy atom. The highest BCUT2D eigenvalue weighted by molar-refractivity contribution is 7.99. The molecule has 0 spiro atoms. The molecular formula is C25H23F3O3S2. The van der Waals surface area contributed by atoms with Gasteiger partial charge in [0.1, 0.15) is 5.94 Å². The van der Waals surface area contributed by atoms with Gasteiger partial charge >= 0.3 is 12.1 Å². The molecule has 0 unspecified atom stereocenters. The zero-order chi connectivity index (χ0) is 24.0. The Morgan fingerprint density at radius 1 is 1.12 bits per heavy atom. The molecule has 0 fully saturated rings. The van der Waals surface area contributed by atoms with E-state index in [0.29, 0.717) is 22.1 Å². The summed E-state index contributed by atoms with van der Waals surface area (Å²) in [6, 6.07) is 11.1. The summed E-state index contributed by atoms with van der Waals surface area (Å²) in [6.45, 7) is 5.37. The number of ether oxygens (including phenoxy) is 1. The van der Waals surface area contributed by atoms with Gasteiger partial charge in [0.25, 0.3) is 0 Å². The number of unbranched alkanes of at least 4 members (excludes halogenated alkanes) is 2. The molecule has 0 saturated carbocycles. The molecule has 174 valence electrons. The molecule has 3 nitrogen and oxygen atoms in total. The van der Waals surface area contributed by atoms with Gasteiger partial charge in [0.2, 0.25) is 4.74 Å². The number of rotatable bonds is 9. The number of thioether (sulfide) groups is 1. The lowest BCUT2D eigenvalue weighted by molar-refractivity contribution is -0.137. The lowest BCUT2D eigenvalue weighted by Crippen LogP contribution is -2.11. The topological polar surface area (TPSA) is 43.4 Å². The van der Waals surface area contributed by atoms with Gasteiger partial charge in [-0.05, 0) is 53.6 Å². The van der Waals surface area contributed by atoms with Crippen LogP contribution in [0.15, 0.2) is 64.8 Å². The molecule has 33 heavy (non-hydrogen) atoms. The van der Waals surface area contributed by atoms with E-state index in [-0.39, 0.29) is 17.1 Å². The summed E-state index contributed by atoms with van der Waals surface area (Å²) in [7, 11) is 0. The SMILES string of the molecule is C=CC(=O)OCSc1ccc2cc(-c3ccc(CCCCC)cc3C(F)(F)F)c(=O)sc2c1. The number of fused-ring (bicyclic) bond motifs is 1. The van der Waals surface area contributed by atoms with E-state index in [9.17, 15) is 22.8 Å². The summed E-state index contributed by atoms with van der Waals surface area (Å²) in [5.41, 5.74) is -0.216. The van der Waals surface area contributed by atoms with Crippen LogP contribution in [0.5, 0.6) is 0 Å². The van der Waals surface area contributed by atoms with Crippen LogP contribution in [-0.4, -0.2) is 11.9 Å². The summed E-state index contributed by atoms with van der Waals surface area (Å²) in [5.74, 6) is -0.447. The van der Waals surface area contributed by atoms with Crippen molar-refractivity contribution in [3.8, 4) is 11.1 Å². The minimum absolute atomic E-state index is 0.0419. The summed E-state index contributed by atoms with van der Waals surface area (Å²) >= 11 is 2.17. The fraction of sp³-hybridized carbons (Fsp3) is 0.280. The van der Waals surface area contributed by atoms with E-state index in [1.165, 1.54) is 30.0 Å². The van der Waals surface area contributed by atoms with Crippen LogP contribution in [0.4, 0.5) is 13.2 Å². The Labute approximate surface area is 198 Å². The quantitative estimate of drug-likeness (QED) is 0.102. The monoisotopic (exact) mass is 492 g/mol. The molecule has 0 atom stereocenters. The van der Waals surface area contributed by atoms with Crippen LogP contribution in [0, 0.1) is 0 Å². The molecule has 3 rings (SSSR count). The first-order valence-corrected chi connectivity index (χ1v) is 12.2. The Balaban J connectivity index is 1.95. The number of carbonyl (C=O) groups is 1. The van der Waals surface area contributed by atoms with Gasteiger partial charge in [-0.25, -0.2) is 4.79 Å². The lowest BCUT2D eigenvalue weighted by atomic mass is 9.96. The maximum absolute atomic E-state index is 13.9. The Bertz CT molecular complexity index is 1220. The zero-order valence-electron chi connectivity index (χ0n) is 18.0.